The number of hydrogen-bond acceptors (Lipinski definition) is 4. The van der Waals surface area contributed by atoms with E-state index in [4.69, 9.17) is 0 Å². The van der Waals surface area contributed by atoms with Crippen molar-refractivity contribution in [2.24, 2.45) is 0 Å². The van der Waals surface area contributed by atoms with Gasteiger partial charge in [0.25, 0.3) is 0 Å². The summed E-state index contributed by atoms with van der Waals surface area (Å²) in [5, 5.41) is 3.28. The van der Waals surface area contributed by atoms with Gasteiger partial charge < -0.3 is 5.32 Å². The smallest absolute Gasteiger partial charge is 0.145 e. The van der Waals surface area contributed by atoms with Crippen LogP contribution in [-0.4, -0.2) is 28.5 Å². The Balaban J connectivity index is 2.02. The lowest BCUT2D eigenvalue weighted by molar-refractivity contribution is 0.981. The van der Waals surface area contributed by atoms with Crippen LogP contribution in [0.1, 0.15) is 6.42 Å². The number of nitrogens with one attached hydrogen (secondary N) is 1. The number of anilines is 1. The maximum Gasteiger partial charge on any atom is 0.145 e. The van der Waals surface area contributed by atoms with Crippen molar-refractivity contribution in [2.75, 3.05) is 23.9 Å². The third-order valence-corrected chi connectivity index (χ3v) is 2.98. The number of rotatable bonds is 5. The minimum Gasteiger partial charge on any atom is -0.369 e. The topological polar surface area (TPSA) is 37.8 Å². The predicted molar refractivity (Wildman–Crippen MR) is 71.0 cm³/mol. The first-order valence-corrected chi connectivity index (χ1v) is 6.74. The monoisotopic (exact) mass is 233 g/mol. The third-order valence-electron chi connectivity index (χ3n) is 2.28. The predicted octanol–water partition coefficient (Wildman–Crippen LogP) is 2.79. The number of aromatic nitrogens is 2. The van der Waals surface area contributed by atoms with Crippen LogP contribution < -0.4 is 5.32 Å². The standard InChI is InChI=1S/C12H15N3S/c1-16-8-4-7-13-12-9-14-10-5-2-3-6-11(10)15-12/h2-3,5-6,9H,4,7-8H2,1H3,(H,13,15). The molecule has 1 N–H and O–H groups in total. The molecule has 0 saturated heterocycles. The molecule has 0 unspecified atom stereocenters. The molecule has 0 atom stereocenters. The van der Waals surface area contributed by atoms with Gasteiger partial charge in [0.15, 0.2) is 0 Å². The van der Waals surface area contributed by atoms with E-state index in [2.05, 4.69) is 21.5 Å². The van der Waals surface area contributed by atoms with E-state index in [9.17, 15) is 0 Å². The Hall–Kier alpha value is -1.29. The Bertz CT molecular complexity index is 459. The first kappa shape index (κ1) is 11.2. The molecule has 0 bridgehead atoms. The summed E-state index contributed by atoms with van der Waals surface area (Å²) in [6, 6.07) is 7.91. The molecule has 0 amide bonds. The van der Waals surface area contributed by atoms with Gasteiger partial charge >= 0.3 is 0 Å². The van der Waals surface area contributed by atoms with E-state index in [1.165, 1.54) is 5.75 Å². The van der Waals surface area contributed by atoms with Crippen LogP contribution >= 0.6 is 11.8 Å². The van der Waals surface area contributed by atoms with Crippen LogP contribution in [-0.2, 0) is 0 Å². The quantitative estimate of drug-likeness (QED) is 0.806. The van der Waals surface area contributed by atoms with Crippen LogP contribution in [0.25, 0.3) is 11.0 Å². The molecule has 1 heterocycles. The van der Waals surface area contributed by atoms with E-state index in [-0.39, 0.29) is 0 Å². The van der Waals surface area contributed by atoms with Gasteiger partial charge in [-0.3, -0.25) is 4.98 Å². The molecule has 0 radical (unpaired) electrons. The van der Waals surface area contributed by atoms with E-state index < -0.39 is 0 Å². The second kappa shape index (κ2) is 5.70. The maximum absolute atomic E-state index is 4.49. The molecule has 0 aliphatic rings. The molecule has 16 heavy (non-hydrogen) atoms. The van der Waals surface area contributed by atoms with Gasteiger partial charge in [0.1, 0.15) is 5.82 Å². The van der Waals surface area contributed by atoms with Crippen molar-refractivity contribution in [3.8, 4) is 0 Å². The third kappa shape index (κ3) is 2.85. The molecule has 3 nitrogen and oxygen atoms in total. The normalized spacial score (nSPS) is 10.6. The van der Waals surface area contributed by atoms with E-state index >= 15 is 0 Å². The molecule has 2 rings (SSSR count). The van der Waals surface area contributed by atoms with Gasteiger partial charge in [-0.25, -0.2) is 4.98 Å². The molecule has 4 heteroatoms. The Morgan fingerprint density at radius 2 is 2.06 bits per heavy atom. The lowest BCUT2D eigenvalue weighted by Crippen LogP contribution is -2.04. The first-order valence-electron chi connectivity index (χ1n) is 5.35. The van der Waals surface area contributed by atoms with Crippen molar-refractivity contribution in [1.29, 1.82) is 0 Å². The second-order valence-corrected chi connectivity index (χ2v) is 4.50. The fourth-order valence-corrected chi connectivity index (χ4v) is 1.91. The molecule has 0 spiro atoms. The highest BCUT2D eigenvalue weighted by Gasteiger charge is 1.97. The summed E-state index contributed by atoms with van der Waals surface area (Å²) in [7, 11) is 0. The zero-order valence-corrected chi connectivity index (χ0v) is 10.1. The van der Waals surface area contributed by atoms with Crippen LogP contribution in [0, 0.1) is 0 Å². The Morgan fingerprint density at radius 1 is 1.25 bits per heavy atom. The SMILES string of the molecule is CSCCCNc1cnc2ccccc2n1. The van der Waals surface area contributed by atoms with Gasteiger partial charge in [-0.2, -0.15) is 11.8 Å². The summed E-state index contributed by atoms with van der Waals surface area (Å²) in [6.45, 7) is 0.952. The number of para-hydroxylation sites is 2. The maximum atomic E-state index is 4.49. The largest absolute Gasteiger partial charge is 0.369 e. The molecule has 0 fully saturated rings. The van der Waals surface area contributed by atoms with Crippen LogP contribution in [0.15, 0.2) is 30.5 Å². The Labute approximate surface area is 99.7 Å². The van der Waals surface area contributed by atoms with Crippen LogP contribution in [0.4, 0.5) is 5.82 Å². The Kier molecular flexibility index (Phi) is 3.99. The highest BCUT2D eigenvalue weighted by molar-refractivity contribution is 7.98. The van der Waals surface area contributed by atoms with E-state index in [0.717, 1.165) is 29.8 Å². The number of nitrogens with zero attached hydrogens (tertiary/aromatic N) is 2. The highest BCUT2D eigenvalue weighted by Crippen LogP contribution is 2.11. The lowest BCUT2D eigenvalue weighted by atomic mass is 10.3. The molecule has 0 saturated carbocycles. The first-order chi connectivity index (χ1) is 7.90. The molecule has 1 aromatic heterocycles. The Morgan fingerprint density at radius 3 is 2.88 bits per heavy atom. The zero-order chi connectivity index (χ0) is 11.2. The second-order valence-electron chi connectivity index (χ2n) is 3.52. The van der Waals surface area contributed by atoms with Crippen LogP contribution in [0.3, 0.4) is 0 Å². The summed E-state index contributed by atoms with van der Waals surface area (Å²) in [5.74, 6) is 2.04. The molecule has 84 valence electrons. The van der Waals surface area contributed by atoms with E-state index in [0.29, 0.717) is 0 Å². The summed E-state index contributed by atoms with van der Waals surface area (Å²) in [4.78, 5) is 8.84. The molecular weight excluding hydrogens is 218 g/mol. The van der Waals surface area contributed by atoms with Crippen molar-refractivity contribution in [1.82, 2.24) is 9.97 Å². The van der Waals surface area contributed by atoms with Gasteiger partial charge in [-0.15, -0.1) is 0 Å². The van der Waals surface area contributed by atoms with Crippen molar-refractivity contribution < 1.29 is 0 Å². The van der Waals surface area contributed by atoms with Crippen LogP contribution in [0.2, 0.25) is 0 Å². The van der Waals surface area contributed by atoms with Gasteiger partial charge in [0.2, 0.25) is 0 Å². The fourth-order valence-electron chi connectivity index (χ4n) is 1.48. The number of hydrogen-bond donors (Lipinski definition) is 1. The number of fused-ring (bicyclic) bond motifs is 1. The highest BCUT2D eigenvalue weighted by atomic mass is 32.2. The number of benzene rings is 1. The molecule has 0 aliphatic carbocycles. The minimum absolute atomic E-state index is 0.861. The van der Waals surface area contributed by atoms with Crippen molar-refractivity contribution in [2.45, 2.75) is 6.42 Å². The average Bonchev–Trinajstić information content (AvgIpc) is 2.34. The molecule has 0 aliphatic heterocycles. The van der Waals surface area contributed by atoms with Crippen molar-refractivity contribution in [3.05, 3.63) is 30.5 Å². The van der Waals surface area contributed by atoms with Crippen LogP contribution in [0.5, 0.6) is 0 Å². The summed E-state index contributed by atoms with van der Waals surface area (Å²) >= 11 is 1.86. The average molecular weight is 233 g/mol. The number of thioether (sulfide) groups is 1. The van der Waals surface area contributed by atoms with Gasteiger partial charge in [-0.05, 0) is 30.6 Å². The minimum atomic E-state index is 0.861. The zero-order valence-electron chi connectivity index (χ0n) is 9.31. The van der Waals surface area contributed by atoms with Gasteiger partial charge in [-0.1, -0.05) is 12.1 Å². The fraction of sp³-hybridized carbons (Fsp3) is 0.333. The van der Waals surface area contributed by atoms with E-state index in [1.54, 1.807) is 6.20 Å². The summed E-state index contributed by atoms with van der Waals surface area (Å²) in [6.07, 6.45) is 5.06. The van der Waals surface area contributed by atoms with Crippen molar-refractivity contribution >= 4 is 28.6 Å². The molecular formula is C12H15N3S. The van der Waals surface area contributed by atoms with E-state index in [1.807, 2.05) is 36.0 Å². The lowest BCUT2D eigenvalue weighted by Gasteiger charge is -2.05. The van der Waals surface area contributed by atoms with Gasteiger partial charge in [0, 0.05) is 6.54 Å². The van der Waals surface area contributed by atoms with Gasteiger partial charge in [0.05, 0.1) is 17.2 Å². The summed E-state index contributed by atoms with van der Waals surface area (Å²) < 4.78 is 0. The molecule has 1 aromatic carbocycles. The van der Waals surface area contributed by atoms with Crippen molar-refractivity contribution in [3.63, 3.8) is 0 Å². The molecule has 2 aromatic rings. The summed E-state index contributed by atoms with van der Waals surface area (Å²) in [5.41, 5.74) is 1.88.